The van der Waals surface area contributed by atoms with Crippen LogP contribution >= 0.6 is 11.6 Å². The third-order valence-corrected chi connectivity index (χ3v) is 2.58. The highest BCUT2D eigenvalue weighted by Gasteiger charge is 2.12. The average molecular weight is 295 g/mol. The van der Waals surface area contributed by atoms with Crippen LogP contribution in [0.25, 0.3) is 0 Å². The topological polar surface area (TPSA) is 103 Å². The van der Waals surface area contributed by atoms with Gasteiger partial charge in [-0.15, -0.1) is 0 Å². The Balaban J connectivity index is 2.28. The van der Waals surface area contributed by atoms with E-state index in [-0.39, 0.29) is 28.0 Å². The molecule has 1 N–H and O–H groups in total. The molecule has 102 valence electrons. The van der Waals surface area contributed by atoms with Crippen molar-refractivity contribution in [3.8, 4) is 11.6 Å². The summed E-state index contributed by atoms with van der Waals surface area (Å²) in [5, 5.41) is 19.4. The molecule has 0 atom stereocenters. The van der Waals surface area contributed by atoms with Gasteiger partial charge < -0.3 is 9.84 Å². The number of aromatic carboxylic acids is 1. The van der Waals surface area contributed by atoms with Gasteiger partial charge in [0, 0.05) is 18.2 Å². The number of nitro benzene ring substituents is 1. The third-order valence-electron chi connectivity index (χ3n) is 2.28. The number of carbonyl (C=O) groups is 1. The summed E-state index contributed by atoms with van der Waals surface area (Å²) in [7, 11) is 0. The monoisotopic (exact) mass is 294 g/mol. The van der Waals surface area contributed by atoms with Crippen molar-refractivity contribution in [2.75, 3.05) is 0 Å². The Kier molecular flexibility index (Phi) is 3.81. The van der Waals surface area contributed by atoms with Crippen LogP contribution in [-0.2, 0) is 0 Å². The first-order valence-corrected chi connectivity index (χ1v) is 5.67. The molecule has 0 spiro atoms. The van der Waals surface area contributed by atoms with E-state index in [0.717, 1.165) is 6.07 Å². The van der Waals surface area contributed by atoms with Crippen LogP contribution in [0.3, 0.4) is 0 Å². The lowest BCUT2D eigenvalue weighted by atomic mass is 10.3. The van der Waals surface area contributed by atoms with Crippen LogP contribution in [0.5, 0.6) is 11.6 Å². The predicted octanol–water partition coefficient (Wildman–Crippen LogP) is 3.13. The van der Waals surface area contributed by atoms with Crippen LogP contribution in [0.4, 0.5) is 5.69 Å². The smallest absolute Gasteiger partial charge is 0.354 e. The van der Waals surface area contributed by atoms with Crippen LogP contribution < -0.4 is 4.74 Å². The first kappa shape index (κ1) is 13.8. The zero-order valence-electron chi connectivity index (χ0n) is 9.82. The highest BCUT2D eigenvalue weighted by Crippen LogP contribution is 2.31. The molecule has 1 aromatic carbocycles. The number of nitro groups is 1. The number of carboxylic acid groups (broad SMARTS) is 1. The summed E-state index contributed by atoms with van der Waals surface area (Å²) in [5.74, 6) is -1.02. The summed E-state index contributed by atoms with van der Waals surface area (Å²) in [5.41, 5.74) is -0.352. The Hall–Kier alpha value is -2.67. The SMILES string of the molecule is O=C(O)c1cccc(Oc2ccc([N+](=O)[O-])cc2Cl)n1. The molecule has 8 heteroatoms. The van der Waals surface area contributed by atoms with E-state index in [4.69, 9.17) is 21.4 Å². The second-order valence-corrected chi connectivity index (χ2v) is 4.05. The first-order chi connectivity index (χ1) is 9.47. The number of rotatable bonds is 4. The average Bonchev–Trinajstić information content (AvgIpc) is 2.41. The fourth-order valence-electron chi connectivity index (χ4n) is 1.39. The summed E-state index contributed by atoms with van der Waals surface area (Å²) in [6, 6.07) is 7.90. The van der Waals surface area contributed by atoms with Gasteiger partial charge in [-0.2, -0.15) is 0 Å². The molecule has 2 aromatic rings. The zero-order valence-corrected chi connectivity index (χ0v) is 10.6. The lowest BCUT2D eigenvalue weighted by Crippen LogP contribution is -2.00. The van der Waals surface area contributed by atoms with Gasteiger partial charge >= 0.3 is 5.97 Å². The van der Waals surface area contributed by atoms with Crippen molar-refractivity contribution in [2.24, 2.45) is 0 Å². The van der Waals surface area contributed by atoms with E-state index in [1.165, 1.54) is 30.3 Å². The fraction of sp³-hybridized carbons (Fsp3) is 0. The molecule has 0 aliphatic heterocycles. The molecule has 0 aliphatic rings. The number of pyridine rings is 1. The van der Waals surface area contributed by atoms with E-state index in [9.17, 15) is 14.9 Å². The first-order valence-electron chi connectivity index (χ1n) is 5.29. The molecular weight excluding hydrogens is 288 g/mol. The van der Waals surface area contributed by atoms with Gasteiger partial charge in [0.25, 0.3) is 5.69 Å². The van der Waals surface area contributed by atoms with Gasteiger partial charge in [0.05, 0.1) is 9.95 Å². The molecule has 0 radical (unpaired) electrons. The standard InChI is InChI=1S/C12H7ClN2O5/c13-8-6-7(15(18)19)4-5-10(8)20-11-3-1-2-9(14-11)12(16)17/h1-6H,(H,16,17). The van der Waals surface area contributed by atoms with E-state index in [1.54, 1.807) is 0 Å². The number of carboxylic acids is 1. The van der Waals surface area contributed by atoms with Gasteiger partial charge in [-0.3, -0.25) is 10.1 Å². The number of nitrogens with zero attached hydrogens (tertiary/aromatic N) is 2. The molecule has 0 fully saturated rings. The summed E-state index contributed by atoms with van der Waals surface area (Å²) < 4.78 is 5.31. The fourth-order valence-corrected chi connectivity index (χ4v) is 1.60. The molecule has 20 heavy (non-hydrogen) atoms. The van der Waals surface area contributed by atoms with E-state index < -0.39 is 10.9 Å². The van der Waals surface area contributed by atoms with E-state index in [2.05, 4.69) is 4.98 Å². The summed E-state index contributed by atoms with van der Waals surface area (Å²) in [4.78, 5) is 24.5. The summed E-state index contributed by atoms with van der Waals surface area (Å²) in [6.07, 6.45) is 0. The maximum atomic E-state index is 10.8. The van der Waals surface area contributed by atoms with Gasteiger partial charge in [0.1, 0.15) is 5.75 Å². The number of halogens is 1. The molecule has 0 aliphatic carbocycles. The quantitative estimate of drug-likeness (QED) is 0.686. The van der Waals surface area contributed by atoms with Gasteiger partial charge in [-0.1, -0.05) is 17.7 Å². The second-order valence-electron chi connectivity index (χ2n) is 3.64. The van der Waals surface area contributed by atoms with Crippen LogP contribution in [0.2, 0.25) is 5.02 Å². The normalized spacial score (nSPS) is 10.1. The van der Waals surface area contributed by atoms with Crippen molar-refractivity contribution in [2.45, 2.75) is 0 Å². The lowest BCUT2D eigenvalue weighted by molar-refractivity contribution is -0.384. The molecule has 0 amide bonds. The number of non-ortho nitro benzene ring substituents is 1. The van der Waals surface area contributed by atoms with E-state index in [1.807, 2.05) is 0 Å². The Bertz CT molecular complexity index is 689. The largest absolute Gasteiger partial charge is 0.477 e. The highest BCUT2D eigenvalue weighted by molar-refractivity contribution is 6.32. The minimum atomic E-state index is -1.19. The molecule has 1 aromatic heterocycles. The number of ether oxygens (including phenoxy) is 1. The summed E-state index contributed by atoms with van der Waals surface area (Å²) >= 11 is 5.85. The van der Waals surface area contributed by atoms with Crippen LogP contribution in [0.15, 0.2) is 36.4 Å². The van der Waals surface area contributed by atoms with Crippen molar-refractivity contribution < 1.29 is 19.6 Å². The molecule has 0 bridgehead atoms. The van der Waals surface area contributed by atoms with Crippen molar-refractivity contribution in [3.63, 3.8) is 0 Å². The minimum absolute atomic E-state index is 0.0284. The van der Waals surface area contributed by atoms with Gasteiger partial charge in [0.15, 0.2) is 5.69 Å². The maximum Gasteiger partial charge on any atom is 0.354 e. The molecule has 0 saturated heterocycles. The Morgan fingerprint density at radius 1 is 1.35 bits per heavy atom. The Morgan fingerprint density at radius 3 is 2.70 bits per heavy atom. The zero-order chi connectivity index (χ0) is 14.7. The molecule has 0 saturated carbocycles. The molecule has 7 nitrogen and oxygen atoms in total. The van der Waals surface area contributed by atoms with Gasteiger partial charge in [-0.25, -0.2) is 9.78 Å². The summed E-state index contributed by atoms with van der Waals surface area (Å²) in [6.45, 7) is 0. The van der Waals surface area contributed by atoms with Crippen molar-refractivity contribution in [1.29, 1.82) is 0 Å². The number of aromatic nitrogens is 1. The number of hydrogen-bond acceptors (Lipinski definition) is 5. The Morgan fingerprint density at radius 2 is 2.10 bits per heavy atom. The maximum absolute atomic E-state index is 10.8. The highest BCUT2D eigenvalue weighted by atomic mass is 35.5. The van der Waals surface area contributed by atoms with Crippen molar-refractivity contribution >= 4 is 23.3 Å². The van der Waals surface area contributed by atoms with Crippen LogP contribution in [-0.4, -0.2) is 21.0 Å². The van der Waals surface area contributed by atoms with Gasteiger partial charge in [-0.05, 0) is 12.1 Å². The molecule has 2 rings (SSSR count). The van der Waals surface area contributed by atoms with E-state index >= 15 is 0 Å². The molecular formula is C12H7ClN2O5. The molecule has 1 heterocycles. The van der Waals surface area contributed by atoms with Crippen molar-refractivity contribution in [3.05, 3.63) is 57.2 Å². The lowest BCUT2D eigenvalue weighted by Gasteiger charge is -2.06. The van der Waals surface area contributed by atoms with Crippen LogP contribution in [0.1, 0.15) is 10.5 Å². The number of benzene rings is 1. The van der Waals surface area contributed by atoms with Gasteiger partial charge in [0.2, 0.25) is 5.88 Å². The predicted molar refractivity (Wildman–Crippen MR) is 69.4 cm³/mol. The van der Waals surface area contributed by atoms with E-state index in [0.29, 0.717) is 0 Å². The third kappa shape index (κ3) is 3.01. The minimum Gasteiger partial charge on any atom is -0.477 e. The second kappa shape index (κ2) is 5.54. The molecule has 0 unspecified atom stereocenters. The van der Waals surface area contributed by atoms with Crippen LogP contribution in [0, 0.1) is 10.1 Å². The van der Waals surface area contributed by atoms with Crippen molar-refractivity contribution in [1.82, 2.24) is 4.98 Å². The Labute approximate surface area is 117 Å². The number of hydrogen-bond donors (Lipinski definition) is 1.